The molecular weight excluding hydrogens is 403 g/mol. The van der Waals surface area contributed by atoms with Gasteiger partial charge in [-0.25, -0.2) is 4.39 Å². The SMILES string of the molecule is CCCCCCCC1CCC(C2CCC(C#CC3CCC(CCCCC)CC3F)CC2)CC1. The van der Waals surface area contributed by atoms with Crippen molar-refractivity contribution in [3.8, 4) is 11.8 Å². The summed E-state index contributed by atoms with van der Waals surface area (Å²) in [6.07, 6.45) is 27.4. The zero-order chi connectivity index (χ0) is 23.3. The van der Waals surface area contributed by atoms with Crippen LogP contribution in [-0.4, -0.2) is 6.17 Å². The number of rotatable bonds is 11. The summed E-state index contributed by atoms with van der Waals surface area (Å²) >= 11 is 0. The van der Waals surface area contributed by atoms with Gasteiger partial charge in [0, 0.05) is 5.92 Å². The Kier molecular flexibility index (Phi) is 12.7. The average molecular weight is 459 g/mol. The second-order valence-corrected chi connectivity index (χ2v) is 12.2. The zero-order valence-corrected chi connectivity index (χ0v) is 22.3. The van der Waals surface area contributed by atoms with E-state index < -0.39 is 6.17 Å². The summed E-state index contributed by atoms with van der Waals surface area (Å²) in [5, 5.41) is 0. The van der Waals surface area contributed by atoms with Gasteiger partial charge in [-0.05, 0) is 81.5 Å². The van der Waals surface area contributed by atoms with Gasteiger partial charge in [0.25, 0.3) is 0 Å². The molecule has 3 aliphatic carbocycles. The molecule has 3 atom stereocenters. The molecule has 0 N–H and O–H groups in total. The molecule has 0 amide bonds. The largest absolute Gasteiger partial charge is 0.246 e. The van der Waals surface area contributed by atoms with Crippen molar-refractivity contribution in [3.63, 3.8) is 0 Å². The summed E-state index contributed by atoms with van der Waals surface area (Å²) in [6, 6.07) is 0. The maximum Gasteiger partial charge on any atom is 0.114 e. The lowest BCUT2D eigenvalue weighted by atomic mass is 9.68. The molecule has 0 aromatic heterocycles. The van der Waals surface area contributed by atoms with E-state index in [4.69, 9.17) is 0 Å². The van der Waals surface area contributed by atoms with Gasteiger partial charge in [0.15, 0.2) is 0 Å². The molecule has 0 aromatic rings. The topological polar surface area (TPSA) is 0 Å². The predicted octanol–water partition coefficient (Wildman–Crippen LogP) is 10.3. The number of halogens is 1. The van der Waals surface area contributed by atoms with Crippen molar-refractivity contribution in [3.05, 3.63) is 0 Å². The van der Waals surface area contributed by atoms with E-state index in [1.54, 1.807) is 0 Å². The van der Waals surface area contributed by atoms with E-state index in [9.17, 15) is 4.39 Å². The van der Waals surface area contributed by atoms with E-state index in [1.807, 2.05) is 0 Å². The van der Waals surface area contributed by atoms with Crippen LogP contribution in [0.15, 0.2) is 0 Å². The summed E-state index contributed by atoms with van der Waals surface area (Å²) in [5.41, 5.74) is 0. The molecule has 0 radical (unpaired) electrons. The lowest BCUT2D eigenvalue weighted by molar-refractivity contribution is 0.149. The summed E-state index contributed by atoms with van der Waals surface area (Å²) in [5.74, 6) is 11.2. The molecule has 0 aromatic carbocycles. The lowest BCUT2D eigenvalue weighted by Crippen LogP contribution is -2.26. The first-order valence-electron chi connectivity index (χ1n) is 15.3. The van der Waals surface area contributed by atoms with E-state index in [0.717, 1.165) is 30.6 Å². The van der Waals surface area contributed by atoms with Crippen LogP contribution >= 0.6 is 0 Å². The fraction of sp³-hybridized carbons (Fsp3) is 0.938. The Hall–Kier alpha value is -0.510. The average Bonchev–Trinajstić information content (AvgIpc) is 2.84. The minimum absolute atomic E-state index is 0.0300. The molecule has 3 saturated carbocycles. The molecule has 3 rings (SSSR count). The second kappa shape index (κ2) is 15.5. The molecule has 1 heteroatoms. The van der Waals surface area contributed by atoms with Crippen molar-refractivity contribution in [1.29, 1.82) is 0 Å². The fourth-order valence-electron chi connectivity index (χ4n) is 7.25. The monoisotopic (exact) mass is 458 g/mol. The van der Waals surface area contributed by atoms with Gasteiger partial charge in [0.05, 0.1) is 5.92 Å². The van der Waals surface area contributed by atoms with Crippen LogP contribution in [0.5, 0.6) is 0 Å². The Morgan fingerprint density at radius 2 is 1.12 bits per heavy atom. The molecule has 3 unspecified atom stereocenters. The molecule has 0 saturated heterocycles. The molecule has 3 aliphatic rings. The van der Waals surface area contributed by atoms with Gasteiger partial charge in [-0.1, -0.05) is 103 Å². The van der Waals surface area contributed by atoms with Crippen LogP contribution in [0.4, 0.5) is 4.39 Å². The van der Waals surface area contributed by atoms with Crippen molar-refractivity contribution in [2.75, 3.05) is 0 Å². The Labute approximate surface area is 206 Å². The van der Waals surface area contributed by atoms with E-state index in [-0.39, 0.29) is 5.92 Å². The highest BCUT2D eigenvalue weighted by molar-refractivity contribution is 5.11. The standard InChI is InChI=1S/C32H55F/c1-3-5-7-8-10-11-26-13-19-29(20-14-26)30-21-15-27(16-22-30)17-23-31-24-18-28(25-32(31)33)12-9-6-4-2/h26-32H,3-16,18-22,24-25H2,1-2H3. The third-order valence-corrected chi connectivity index (χ3v) is 9.62. The van der Waals surface area contributed by atoms with Gasteiger partial charge in [0.2, 0.25) is 0 Å². The van der Waals surface area contributed by atoms with Crippen LogP contribution in [0.1, 0.15) is 149 Å². The van der Waals surface area contributed by atoms with Crippen molar-refractivity contribution in [1.82, 2.24) is 0 Å². The Bertz CT molecular complexity index is 555. The highest BCUT2D eigenvalue weighted by atomic mass is 19.1. The van der Waals surface area contributed by atoms with Crippen LogP contribution < -0.4 is 0 Å². The van der Waals surface area contributed by atoms with Crippen molar-refractivity contribution < 1.29 is 4.39 Å². The van der Waals surface area contributed by atoms with Crippen LogP contribution in [0.3, 0.4) is 0 Å². The van der Waals surface area contributed by atoms with Crippen LogP contribution in [0, 0.1) is 47.3 Å². The third kappa shape index (κ3) is 9.57. The molecule has 0 spiro atoms. The molecule has 33 heavy (non-hydrogen) atoms. The quantitative estimate of drug-likeness (QED) is 0.213. The van der Waals surface area contributed by atoms with Gasteiger partial charge in [0.1, 0.15) is 6.17 Å². The zero-order valence-electron chi connectivity index (χ0n) is 22.3. The van der Waals surface area contributed by atoms with E-state index >= 15 is 0 Å². The lowest BCUT2D eigenvalue weighted by Gasteiger charge is -2.37. The molecule has 0 aliphatic heterocycles. The molecule has 0 bridgehead atoms. The predicted molar refractivity (Wildman–Crippen MR) is 142 cm³/mol. The van der Waals surface area contributed by atoms with E-state index in [2.05, 4.69) is 25.7 Å². The Balaban J connectivity index is 1.29. The highest BCUT2D eigenvalue weighted by Gasteiger charge is 2.31. The van der Waals surface area contributed by atoms with Gasteiger partial charge >= 0.3 is 0 Å². The maximum atomic E-state index is 14.7. The van der Waals surface area contributed by atoms with Gasteiger partial charge in [-0.2, -0.15) is 0 Å². The van der Waals surface area contributed by atoms with Crippen LogP contribution in [-0.2, 0) is 0 Å². The van der Waals surface area contributed by atoms with Crippen molar-refractivity contribution in [2.24, 2.45) is 35.5 Å². The van der Waals surface area contributed by atoms with E-state index in [1.165, 1.54) is 122 Å². The summed E-state index contributed by atoms with van der Waals surface area (Å²) in [7, 11) is 0. The smallest absolute Gasteiger partial charge is 0.114 e. The first kappa shape index (κ1) is 27.1. The number of alkyl halides is 1. The molecule has 0 heterocycles. The minimum atomic E-state index is -0.670. The van der Waals surface area contributed by atoms with Crippen LogP contribution in [0.25, 0.3) is 0 Å². The van der Waals surface area contributed by atoms with Gasteiger partial charge in [-0.15, -0.1) is 0 Å². The van der Waals surface area contributed by atoms with E-state index in [0.29, 0.717) is 11.8 Å². The molecule has 190 valence electrons. The molecular formula is C32H55F. The summed E-state index contributed by atoms with van der Waals surface area (Å²) < 4.78 is 14.7. The molecule has 3 fully saturated rings. The number of unbranched alkanes of at least 4 members (excludes halogenated alkanes) is 6. The minimum Gasteiger partial charge on any atom is -0.246 e. The normalized spacial score (nSPS) is 35.1. The van der Waals surface area contributed by atoms with Gasteiger partial charge < -0.3 is 0 Å². The Morgan fingerprint density at radius 3 is 1.79 bits per heavy atom. The van der Waals surface area contributed by atoms with Gasteiger partial charge in [-0.3, -0.25) is 0 Å². The maximum absolute atomic E-state index is 14.7. The number of hydrogen-bond donors (Lipinski definition) is 0. The van der Waals surface area contributed by atoms with Crippen molar-refractivity contribution in [2.45, 2.75) is 155 Å². The molecule has 0 nitrogen and oxygen atoms in total. The fourth-order valence-corrected chi connectivity index (χ4v) is 7.25. The highest BCUT2D eigenvalue weighted by Crippen LogP contribution is 2.42. The summed E-state index contributed by atoms with van der Waals surface area (Å²) in [4.78, 5) is 0. The second-order valence-electron chi connectivity index (χ2n) is 12.2. The Morgan fingerprint density at radius 1 is 0.576 bits per heavy atom. The first-order chi connectivity index (χ1) is 16.2. The third-order valence-electron chi connectivity index (χ3n) is 9.62. The first-order valence-corrected chi connectivity index (χ1v) is 15.3. The van der Waals surface area contributed by atoms with Crippen LogP contribution in [0.2, 0.25) is 0 Å². The number of hydrogen-bond acceptors (Lipinski definition) is 0. The van der Waals surface area contributed by atoms with Crippen molar-refractivity contribution >= 4 is 0 Å². The summed E-state index contributed by atoms with van der Waals surface area (Å²) in [6.45, 7) is 4.56.